The first-order chi connectivity index (χ1) is 5.38. The molecule has 0 aliphatic heterocycles. The Labute approximate surface area is 65.6 Å². The Morgan fingerprint density at radius 2 is 2.64 bits per heavy atom. The minimum Gasteiger partial charge on any atom is -0.472 e. The monoisotopic (exact) mass is 150 g/mol. The van der Waals surface area contributed by atoms with Crippen LogP contribution in [0.2, 0.25) is 0 Å². The first-order valence-electron chi connectivity index (χ1n) is 3.53. The first-order valence-corrected chi connectivity index (χ1v) is 3.53. The number of nitriles is 1. The highest BCUT2D eigenvalue weighted by Gasteiger charge is 2.08. The zero-order valence-electron chi connectivity index (χ0n) is 6.37. The Morgan fingerprint density at radius 1 is 1.82 bits per heavy atom. The lowest BCUT2D eigenvalue weighted by Crippen LogP contribution is -2.18. The summed E-state index contributed by atoms with van der Waals surface area (Å²) in [6.45, 7) is 2.74. The van der Waals surface area contributed by atoms with Crippen molar-refractivity contribution in [3.8, 4) is 6.07 Å². The summed E-state index contributed by atoms with van der Waals surface area (Å²) in [5, 5.41) is 11.7. The van der Waals surface area contributed by atoms with E-state index in [9.17, 15) is 0 Å². The van der Waals surface area contributed by atoms with Gasteiger partial charge in [0.25, 0.3) is 0 Å². The molecule has 0 bridgehead atoms. The molecule has 0 saturated carbocycles. The van der Waals surface area contributed by atoms with Gasteiger partial charge >= 0.3 is 0 Å². The van der Waals surface area contributed by atoms with Crippen LogP contribution in [-0.2, 0) is 0 Å². The van der Waals surface area contributed by atoms with Crippen molar-refractivity contribution in [2.45, 2.75) is 13.0 Å². The van der Waals surface area contributed by atoms with E-state index >= 15 is 0 Å². The second-order valence-electron chi connectivity index (χ2n) is 2.18. The minimum atomic E-state index is -0.237. The van der Waals surface area contributed by atoms with Crippen LogP contribution >= 0.6 is 0 Å². The van der Waals surface area contributed by atoms with E-state index in [4.69, 9.17) is 9.68 Å². The van der Waals surface area contributed by atoms with Gasteiger partial charge in [-0.2, -0.15) is 5.26 Å². The summed E-state index contributed by atoms with van der Waals surface area (Å²) in [6.07, 6.45) is 3.15. The number of furan rings is 1. The van der Waals surface area contributed by atoms with Crippen molar-refractivity contribution in [3.05, 3.63) is 24.2 Å². The molecule has 3 nitrogen and oxygen atoms in total. The van der Waals surface area contributed by atoms with Gasteiger partial charge in [0, 0.05) is 5.56 Å². The lowest BCUT2D eigenvalue weighted by Gasteiger charge is -2.05. The van der Waals surface area contributed by atoms with Crippen LogP contribution in [0.25, 0.3) is 0 Å². The number of hydrogen-bond donors (Lipinski definition) is 1. The van der Waals surface area contributed by atoms with Crippen LogP contribution in [0.1, 0.15) is 18.5 Å². The summed E-state index contributed by atoms with van der Waals surface area (Å²) < 4.78 is 4.85. The standard InChI is InChI=1S/C8H10N2O/c1-2-10-8(5-9)7-3-4-11-6-7/h3-4,6,8,10H,2H2,1H3. The molecule has 0 saturated heterocycles. The quantitative estimate of drug-likeness (QED) is 0.709. The van der Waals surface area contributed by atoms with E-state index < -0.39 is 0 Å². The van der Waals surface area contributed by atoms with Crippen molar-refractivity contribution in [2.24, 2.45) is 0 Å². The average molecular weight is 150 g/mol. The van der Waals surface area contributed by atoms with Crippen molar-refractivity contribution >= 4 is 0 Å². The molecule has 0 radical (unpaired) electrons. The Hall–Kier alpha value is -1.27. The topological polar surface area (TPSA) is 49.0 Å². The van der Waals surface area contributed by atoms with Gasteiger partial charge in [-0.1, -0.05) is 6.92 Å². The van der Waals surface area contributed by atoms with Crippen LogP contribution in [0.15, 0.2) is 23.0 Å². The predicted molar refractivity (Wildman–Crippen MR) is 40.7 cm³/mol. The lowest BCUT2D eigenvalue weighted by molar-refractivity contribution is 0.556. The van der Waals surface area contributed by atoms with Gasteiger partial charge in [-0.25, -0.2) is 0 Å². The molecule has 1 heterocycles. The zero-order chi connectivity index (χ0) is 8.10. The molecule has 1 aromatic rings. The second kappa shape index (κ2) is 3.79. The van der Waals surface area contributed by atoms with Gasteiger partial charge in [-0.15, -0.1) is 0 Å². The van der Waals surface area contributed by atoms with E-state index in [1.807, 2.05) is 6.92 Å². The molecule has 1 rings (SSSR count). The van der Waals surface area contributed by atoms with Crippen LogP contribution < -0.4 is 5.32 Å². The van der Waals surface area contributed by atoms with Gasteiger partial charge in [0.05, 0.1) is 18.6 Å². The molecular formula is C8H10N2O. The van der Waals surface area contributed by atoms with Crippen molar-refractivity contribution < 1.29 is 4.42 Å². The summed E-state index contributed by atoms with van der Waals surface area (Å²) in [7, 11) is 0. The first kappa shape index (κ1) is 7.83. The largest absolute Gasteiger partial charge is 0.472 e. The van der Waals surface area contributed by atoms with E-state index in [1.165, 1.54) is 0 Å². The van der Waals surface area contributed by atoms with Gasteiger partial charge in [-0.05, 0) is 12.6 Å². The molecule has 0 aliphatic carbocycles. The summed E-state index contributed by atoms with van der Waals surface area (Å²) in [6, 6.07) is 3.69. The van der Waals surface area contributed by atoms with Crippen LogP contribution in [-0.4, -0.2) is 6.54 Å². The molecule has 11 heavy (non-hydrogen) atoms. The highest BCUT2D eigenvalue weighted by atomic mass is 16.3. The Bertz CT molecular complexity index is 235. The molecule has 0 aliphatic rings. The third-order valence-corrected chi connectivity index (χ3v) is 1.41. The predicted octanol–water partition coefficient (Wildman–Crippen LogP) is 1.45. The summed E-state index contributed by atoms with van der Waals surface area (Å²) in [5.41, 5.74) is 0.884. The summed E-state index contributed by atoms with van der Waals surface area (Å²) >= 11 is 0. The number of nitrogens with one attached hydrogen (secondary N) is 1. The van der Waals surface area contributed by atoms with Crippen molar-refractivity contribution in [1.29, 1.82) is 5.26 Å². The van der Waals surface area contributed by atoms with Crippen LogP contribution in [0.5, 0.6) is 0 Å². The van der Waals surface area contributed by atoms with E-state index in [2.05, 4.69) is 11.4 Å². The van der Waals surface area contributed by atoms with Crippen molar-refractivity contribution in [1.82, 2.24) is 5.32 Å². The minimum absolute atomic E-state index is 0.237. The maximum atomic E-state index is 8.67. The number of nitrogens with zero attached hydrogens (tertiary/aromatic N) is 1. The normalized spacial score (nSPS) is 12.4. The molecule has 0 spiro atoms. The van der Waals surface area contributed by atoms with Gasteiger partial charge in [0.1, 0.15) is 6.04 Å². The highest BCUT2D eigenvalue weighted by Crippen LogP contribution is 2.11. The van der Waals surface area contributed by atoms with E-state index in [1.54, 1.807) is 18.6 Å². The Kier molecular flexibility index (Phi) is 2.70. The van der Waals surface area contributed by atoms with Crippen molar-refractivity contribution in [3.63, 3.8) is 0 Å². The molecule has 1 N–H and O–H groups in total. The average Bonchev–Trinajstić information content (AvgIpc) is 2.52. The van der Waals surface area contributed by atoms with E-state index in [0.29, 0.717) is 0 Å². The summed E-state index contributed by atoms with van der Waals surface area (Å²) in [4.78, 5) is 0. The molecule has 58 valence electrons. The highest BCUT2D eigenvalue weighted by molar-refractivity contribution is 5.18. The van der Waals surface area contributed by atoms with Gasteiger partial charge < -0.3 is 4.42 Å². The zero-order valence-corrected chi connectivity index (χ0v) is 6.37. The fourth-order valence-corrected chi connectivity index (χ4v) is 0.881. The van der Waals surface area contributed by atoms with Gasteiger partial charge in [-0.3, -0.25) is 5.32 Å². The molecule has 1 unspecified atom stereocenters. The second-order valence-corrected chi connectivity index (χ2v) is 2.18. The smallest absolute Gasteiger partial charge is 0.124 e. The van der Waals surface area contributed by atoms with Gasteiger partial charge in [0.2, 0.25) is 0 Å². The Balaban J connectivity index is 2.65. The fraction of sp³-hybridized carbons (Fsp3) is 0.375. The van der Waals surface area contributed by atoms with Gasteiger partial charge in [0.15, 0.2) is 0 Å². The molecule has 0 amide bonds. The lowest BCUT2D eigenvalue weighted by atomic mass is 10.2. The van der Waals surface area contributed by atoms with E-state index in [0.717, 1.165) is 12.1 Å². The van der Waals surface area contributed by atoms with Crippen LogP contribution in [0.4, 0.5) is 0 Å². The van der Waals surface area contributed by atoms with Crippen LogP contribution in [0, 0.1) is 11.3 Å². The van der Waals surface area contributed by atoms with Crippen LogP contribution in [0.3, 0.4) is 0 Å². The maximum Gasteiger partial charge on any atom is 0.124 e. The molecule has 1 atom stereocenters. The van der Waals surface area contributed by atoms with E-state index in [-0.39, 0.29) is 6.04 Å². The summed E-state index contributed by atoms with van der Waals surface area (Å²) in [5.74, 6) is 0. The fourth-order valence-electron chi connectivity index (χ4n) is 0.881. The molecule has 1 aromatic heterocycles. The number of rotatable bonds is 3. The maximum absolute atomic E-state index is 8.67. The molecular weight excluding hydrogens is 140 g/mol. The Morgan fingerprint density at radius 3 is 3.09 bits per heavy atom. The third-order valence-electron chi connectivity index (χ3n) is 1.41. The van der Waals surface area contributed by atoms with Crippen molar-refractivity contribution in [2.75, 3.05) is 6.54 Å². The SMILES string of the molecule is CCNC(C#N)c1ccoc1. The molecule has 0 aromatic carbocycles. The molecule has 0 fully saturated rings. The third kappa shape index (κ3) is 1.82. The number of hydrogen-bond acceptors (Lipinski definition) is 3. The molecule has 3 heteroatoms.